The van der Waals surface area contributed by atoms with E-state index in [1.807, 2.05) is 0 Å². The standard InChI is InChI=1S/3C21H21P.BrH.Co/c3*1-16-4-10-19(11-5-16)22(20-12-6-17(2)7-13-20)21-14-8-18(3)9-15-21;;/h3*4-15H,1-3H3;1H;/q;;;;-2/p+2. The summed E-state index contributed by atoms with van der Waals surface area (Å²) < 4.78 is 0. The number of benzene rings is 9. The summed E-state index contributed by atoms with van der Waals surface area (Å²) in [5.41, 5.74) is 11.4. The number of hydrogen-bond acceptors (Lipinski definition) is 0. The third-order valence-corrected chi connectivity index (χ3v) is 77.0. The van der Waals surface area contributed by atoms with E-state index >= 15 is 0 Å². The quantitative estimate of drug-likeness (QED) is 0.107. The summed E-state index contributed by atoms with van der Waals surface area (Å²) in [7, 11) is -3.06. The number of aryl methyl sites for hydroxylation is 9. The second kappa shape index (κ2) is 19.6. The second-order valence-corrected chi connectivity index (χ2v) is 56.1. The van der Waals surface area contributed by atoms with E-state index in [1.165, 1.54) is 97.8 Å². The van der Waals surface area contributed by atoms with Crippen molar-refractivity contribution in [2.24, 2.45) is 0 Å². The summed E-state index contributed by atoms with van der Waals surface area (Å²) in [4.78, 5) is 0. The molecular formula is C63H66BrCoP3. The van der Waals surface area contributed by atoms with Gasteiger partial charge in [-0.15, -0.1) is 0 Å². The molecule has 0 spiro atoms. The molecule has 349 valence electrons. The Bertz CT molecular complexity index is 2460. The first kappa shape index (κ1) is 48.3. The molecule has 0 aliphatic carbocycles. The van der Waals surface area contributed by atoms with Crippen LogP contribution in [0.1, 0.15) is 50.1 Å². The van der Waals surface area contributed by atoms with Crippen LogP contribution in [0.2, 0.25) is 0 Å². The van der Waals surface area contributed by atoms with Gasteiger partial charge in [0, 0.05) is 0 Å². The number of halogens is 1. The Kier molecular flexibility index (Phi) is 13.9. The molecule has 68 heavy (non-hydrogen) atoms. The predicted molar refractivity (Wildman–Crippen MR) is 311 cm³/mol. The molecule has 0 N–H and O–H groups in total. The molecule has 0 aromatic heterocycles. The maximum atomic E-state index is 5.75. The molecule has 9 aromatic carbocycles. The minimum absolute atomic E-state index is 1.26. The van der Waals surface area contributed by atoms with Crippen molar-refractivity contribution in [3.63, 3.8) is 0 Å². The van der Waals surface area contributed by atoms with Crippen molar-refractivity contribution in [1.29, 1.82) is 0 Å². The van der Waals surface area contributed by atoms with E-state index in [4.69, 9.17) is 14.2 Å². The van der Waals surface area contributed by atoms with Gasteiger partial charge in [-0.1, -0.05) is 0 Å². The van der Waals surface area contributed by atoms with Crippen LogP contribution in [-0.2, 0) is 9.51 Å². The summed E-state index contributed by atoms with van der Waals surface area (Å²) >= 11 is 5.75. The van der Waals surface area contributed by atoms with Crippen LogP contribution in [0, 0.1) is 62.3 Å². The van der Waals surface area contributed by atoms with Crippen molar-refractivity contribution in [2.45, 2.75) is 62.3 Å². The molecular weight excluding hydrogens is 988 g/mol. The molecule has 0 saturated heterocycles. The molecule has 0 heterocycles. The van der Waals surface area contributed by atoms with E-state index in [9.17, 15) is 0 Å². The van der Waals surface area contributed by atoms with E-state index in [-0.39, 0.29) is 0 Å². The Hall–Kier alpha value is -4.74. The fraction of sp³-hybridized carbons (Fsp3) is 0.143. The average Bonchev–Trinajstić information content (AvgIpc) is 3.34. The van der Waals surface area contributed by atoms with E-state index in [1.54, 1.807) is 0 Å². The fourth-order valence-electron chi connectivity index (χ4n) is 10.2. The summed E-state index contributed by atoms with van der Waals surface area (Å²) in [5, 5.41) is 12.9. The summed E-state index contributed by atoms with van der Waals surface area (Å²) in [6.45, 7) is 20.2. The third-order valence-electron chi connectivity index (χ3n) is 14.0. The van der Waals surface area contributed by atoms with Gasteiger partial charge in [0.1, 0.15) is 0 Å². The number of rotatable bonds is 12. The molecule has 0 nitrogen and oxygen atoms in total. The van der Waals surface area contributed by atoms with Crippen LogP contribution in [0.5, 0.6) is 0 Å². The van der Waals surface area contributed by atoms with Crippen molar-refractivity contribution in [3.8, 4) is 0 Å². The summed E-state index contributed by atoms with van der Waals surface area (Å²) in [5.74, 6) is -10.6. The molecule has 5 heteroatoms. The van der Waals surface area contributed by atoms with Gasteiger partial charge in [-0.05, 0) is 0 Å². The van der Waals surface area contributed by atoms with Gasteiger partial charge < -0.3 is 0 Å². The first-order valence-corrected chi connectivity index (χ1v) is 36.5. The molecule has 0 aliphatic heterocycles. The van der Waals surface area contributed by atoms with E-state index in [2.05, 4.69) is 281 Å². The van der Waals surface area contributed by atoms with E-state index < -0.39 is 27.5 Å². The normalized spacial score (nSPS) is 14.1. The number of hydrogen-bond donors (Lipinski definition) is 0. The summed E-state index contributed by atoms with van der Waals surface area (Å²) in [6, 6.07) is 89.1. The summed E-state index contributed by atoms with van der Waals surface area (Å²) in [6.07, 6.45) is 0. The second-order valence-electron chi connectivity index (χ2n) is 19.1. The molecule has 0 atom stereocenters. The first-order chi connectivity index (χ1) is 32.7. The molecule has 0 fully saturated rings. The van der Waals surface area contributed by atoms with Gasteiger partial charge in [0.25, 0.3) is 0 Å². The monoisotopic (exact) mass is 1050 g/mol. The zero-order valence-electron chi connectivity index (χ0n) is 41.0. The molecule has 0 saturated carbocycles. The van der Waals surface area contributed by atoms with E-state index in [0.29, 0.717) is 0 Å². The average molecular weight is 1050 g/mol. The van der Waals surface area contributed by atoms with Gasteiger partial charge in [-0.25, -0.2) is 0 Å². The Morgan fingerprint density at radius 3 is 0.368 bits per heavy atom. The third kappa shape index (κ3) is 8.05. The van der Waals surface area contributed by atoms with Crippen molar-refractivity contribution < 1.29 is 9.51 Å². The van der Waals surface area contributed by atoms with Crippen molar-refractivity contribution in [2.75, 3.05) is 0 Å². The fourth-order valence-corrected chi connectivity index (χ4v) is 95.7. The van der Waals surface area contributed by atoms with Gasteiger partial charge in [0.05, 0.1) is 0 Å². The molecule has 0 unspecified atom stereocenters. The van der Waals surface area contributed by atoms with Gasteiger partial charge in [0.15, 0.2) is 0 Å². The van der Waals surface area contributed by atoms with Crippen molar-refractivity contribution in [3.05, 3.63) is 268 Å². The Labute approximate surface area is 417 Å². The molecule has 0 bridgehead atoms. The Morgan fingerprint density at radius 1 is 0.191 bits per heavy atom. The molecule has 9 rings (SSSR count). The Morgan fingerprint density at radius 2 is 0.279 bits per heavy atom. The molecule has 9 aromatic rings. The maximum absolute atomic E-state index is 5.75. The van der Waals surface area contributed by atoms with Crippen LogP contribution >= 0.6 is 32.2 Å². The first-order valence-electron chi connectivity index (χ1n) is 23.8. The van der Waals surface area contributed by atoms with Crippen LogP contribution in [0.25, 0.3) is 0 Å². The molecule has 0 aliphatic rings. The van der Waals surface area contributed by atoms with Crippen LogP contribution in [0.3, 0.4) is 0 Å². The topological polar surface area (TPSA) is 0 Å². The van der Waals surface area contributed by atoms with Crippen molar-refractivity contribution >= 4 is 79.9 Å². The SMILES string of the molecule is Cc1ccc([PH](c2ccc(C)cc2)(c2ccc(C)cc2)[Co]([Br])([PH](c2ccc(C)cc2)(c2ccc(C)cc2)c2ccc(C)cc2)[PH](c2ccc(C)cc2)(c2ccc(C)cc2)c2ccc(C)cc2)cc1. The van der Waals surface area contributed by atoms with Crippen LogP contribution < -0.4 is 47.7 Å². The zero-order valence-corrected chi connectivity index (χ0v) is 46.6. The van der Waals surface area contributed by atoms with Gasteiger partial charge in [-0.2, -0.15) is 0 Å². The predicted octanol–water partition coefficient (Wildman–Crippen LogP) is 13.2. The van der Waals surface area contributed by atoms with Crippen LogP contribution in [-0.4, -0.2) is 0 Å². The minimum atomic E-state index is -3.55. The van der Waals surface area contributed by atoms with Gasteiger partial charge in [-0.3, -0.25) is 0 Å². The van der Waals surface area contributed by atoms with Crippen molar-refractivity contribution in [1.82, 2.24) is 0 Å². The Balaban J connectivity index is 1.74. The van der Waals surface area contributed by atoms with E-state index in [0.717, 1.165) is 0 Å². The molecule has 0 amide bonds. The zero-order chi connectivity index (χ0) is 47.8. The van der Waals surface area contributed by atoms with Crippen LogP contribution in [0.15, 0.2) is 218 Å². The van der Waals surface area contributed by atoms with Gasteiger partial charge >= 0.3 is 420 Å². The van der Waals surface area contributed by atoms with Gasteiger partial charge in [0.2, 0.25) is 0 Å². The molecule has 0 radical (unpaired) electrons. The van der Waals surface area contributed by atoms with Crippen LogP contribution in [0.4, 0.5) is 0 Å².